The number of rotatable bonds is 2. The maximum absolute atomic E-state index is 5.69. The van der Waals surface area contributed by atoms with Crippen LogP contribution in [0, 0.1) is 0 Å². The van der Waals surface area contributed by atoms with E-state index in [0.717, 1.165) is 5.56 Å². The minimum atomic E-state index is -0.00906. The predicted molar refractivity (Wildman–Crippen MR) is 53.4 cm³/mol. The summed E-state index contributed by atoms with van der Waals surface area (Å²) in [6.45, 7) is 0. The van der Waals surface area contributed by atoms with Crippen LogP contribution in [0.5, 0.6) is 0 Å². The lowest BCUT2D eigenvalue weighted by Gasteiger charge is -1.87. The molecule has 13 heavy (non-hydrogen) atoms. The first-order chi connectivity index (χ1) is 6.18. The lowest BCUT2D eigenvalue weighted by Crippen LogP contribution is -2.63. The Morgan fingerprint density at radius 1 is 1.31 bits per heavy atom. The molecule has 0 spiro atoms. The monoisotopic (exact) mass is 197 g/mol. The minimum absolute atomic E-state index is 0.00906. The van der Waals surface area contributed by atoms with E-state index in [2.05, 4.69) is 10.2 Å². The number of hydrogen-bond acceptors (Lipinski definition) is 1. The fourth-order valence-electron chi connectivity index (χ4n) is 0.740. The molecule has 0 radical (unpaired) electrons. The molecule has 4 nitrogen and oxygen atoms in total. The standard InChI is InChI=1S/C8H9ClN4/c9-7-3-1-6(2-4-7)5-12-13-8(10)11/h1-5H,(H4,10,11,13)/p+1/b12-5+. The molecule has 0 amide bonds. The largest absolute Gasteiger partial charge is 0.365 e. The maximum Gasteiger partial charge on any atom is 0.256 e. The van der Waals surface area contributed by atoms with Gasteiger partial charge in [0.25, 0.3) is 5.96 Å². The number of hydrogen-bond donors (Lipinski definition) is 3. The van der Waals surface area contributed by atoms with E-state index in [1.807, 2.05) is 12.1 Å². The summed E-state index contributed by atoms with van der Waals surface area (Å²) in [7, 11) is 0. The van der Waals surface area contributed by atoms with Crippen LogP contribution in [0.25, 0.3) is 0 Å². The van der Waals surface area contributed by atoms with Crippen molar-refractivity contribution < 1.29 is 5.10 Å². The second-order valence-electron chi connectivity index (χ2n) is 2.36. The van der Waals surface area contributed by atoms with Crippen molar-refractivity contribution in [2.45, 2.75) is 0 Å². The Labute approximate surface area is 80.9 Å². The van der Waals surface area contributed by atoms with Crippen molar-refractivity contribution in [3.8, 4) is 0 Å². The van der Waals surface area contributed by atoms with Crippen LogP contribution in [0.3, 0.4) is 0 Å². The number of benzene rings is 1. The van der Waals surface area contributed by atoms with E-state index < -0.39 is 0 Å². The van der Waals surface area contributed by atoms with Crippen molar-refractivity contribution in [3.63, 3.8) is 0 Å². The summed E-state index contributed by atoms with van der Waals surface area (Å²) in [5.74, 6) is -0.00906. The van der Waals surface area contributed by atoms with Crippen LogP contribution in [0.1, 0.15) is 5.56 Å². The molecule has 0 aromatic heterocycles. The molecule has 1 aromatic rings. The molecule has 5 heteroatoms. The van der Waals surface area contributed by atoms with Crippen molar-refractivity contribution in [1.29, 1.82) is 0 Å². The highest BCUT2D eigenvalue weighted by molar-refractivity contribution is 6.30. The summed E-state index contributed by atoms with van der Waals surface area (Å²) < 4.78 is 0. The SMILES string of the molecule is NC(N)=N/[NH+]=C/c1ccc(Cl)cc1. The van der Waals surface area contributed by atoms with Gasteiger partial charge in [-0.1, -0.05) is 11.6 Å². The van der Waals surface area contributed by atoms with E-state index in [1.54, 1.807) is 18.3 Å². The van der Waals surface area contributed by atoms with E-state index in [0.29, 0.717) is 5.02 Å². The van der Waals surface area contributed by atoms with Crippen LogP contribution < -0.4 is 16.6 Å². The van der Waals surface area contributed by atoms with E-state index in [4.69, 9.17) is 23.1 Å². The maximum atomic E-state index is 5.69. The molecule has 0 aliphatic rings. The van der Waals surface area contributed by atoms with Gasteiger partial charge in [0, 0.05) is 15.7 Å². The minimum Gasteiger partial charge on any atom is -0.365 e. The van der Waals surface area contributed by atoms with Crippen molar-refractivity contribution >= 4 is 23.8 Å². The summed E-state index contributed by atoms with van der Waals surface area (Å²) in [5, 5.41) is 6.86. The van der Waals surface area contributed by atoms with Crippen molar-refractivity contribution in [3.05, 3.63) is 34.9 Å². The lowest BCUT2D eigenvalue weighted by molar-refractivity contribution is -0.456. The second kappa shape index (κ2) is 4.47. The number of hydrazone groups is 1. The Morgan fingerprint density at radius 3 is 2.46 bits per heavy atom. The zero-order valence-electron chi connectivity index (χ0n) is 6.87. The number of nitrogens with zero attached hydrogens (tertiary/aromatic N) is 1. The first-order valence-electron chi connectivity index (χ1n) is 3.61. The summed E-state index contributed by atoms with van der Waals surface area (Å²) in [6.07, 6.45) is 1.66. The van der Waals surface area contributed by atoms with Gasteiger partial charge in [-0.15, -0.1) is 5.10 Å². The van der Waals surface area contributed by atoms with Gasteiger partial charge < -0.3 is 11.5 Å². The first-order valence-corrected chi connectivity index (χ1v) is 3.99. The van der Waals surface area contributed by atoms with Crippen molar-refractivity contribution in [1.82, 2.24) is 0 Å². The Morgan fingerprint density at radius 2 is 1.92 bits per heavy atom. The van der Waals surface area contributed by atoms with Crippen LogP contribution in [0.2, 0.25) is 5.02 Å². The summed E-state index contributed by atoms with van der Waals surface area (Å²) in [6, 6.07) is 7.25. The summed E-state index contributed by atoms with van der Waals surface area (Å²) in [5.41, 5.74) is 11.1. The van der Waals surface area contributed by atoms with E-state index >= 15 is 0 Å². The van der Waals surface area contributed by atoms with Crippen molar-refractivity contribution in [2.24, 2.45) is 16.6 Å². The molecule has 1 aromatic carbocycles. The summed E-state index contributed by atoms with van der Waals surface area (Å²) in [4.78, 5) is 0. The molecule has 68 valence electrons. The second-order valence-corrected chi connectivity index (χ2v) is 2.80. The fraction of sp³-hybridized carbons (Fsp3) is 0. The van der Waals surface area contributed by atoms with Crippen LogP contribution >= 0.6 is 11.6 Å². The topological polar surface area (TPSA) is 78.4 Å². The molecule has 0 saturated heterocycles. The van der Waals surface area contributed by atoms with Gasteiger partial charge in [0.1, 0.15) is 0 Å². The molecule has 0 atom stereocenters. The molecule has 0 saturated carbocycles. The third-order valence-electron chi connectivity index (χ3n) is 1.29. The van der Waals surface area contributed by atoms with Crippen molar-refractivity contribution in [2.75, 3.05) is 0 Å². The van der Waals surface area contributed by atoms with Gasteiger partial charge in [-0.25, -0.2) is 0 Å². The highest BCUT2D eigenvalue weighted by atomic mass is 35.5. The van der Waals surface area contributed by atoms with Crippen LogP contribution in [0.15, 0.2) is 29.4 Å². The van der Waals surface area contributed by atoms with Gasteiger partial charge in [0.15, 0.2) is 0 Å². The molecule has 0 aliphatic heterocycles. The Kier molecular flexibility index (Phi) is 3.28. The Hall–Kier alpha value is -1.55. The van der Waals surface area contributed by atoms with Gasteiger partial charge in [-0.2, -0.15) is 0 Å². The quantitative estimate of drug-likeness (QED) is 0.324. The Balaban J connectivity index is 2.70. The third kappa shape index (κ3) is 3.57. The van der Waals surface area contributed by atoms with E-state index in [9.17, 15) is 0 Å². The Bertz CT molecular complexity index is 325. The molecule has 0 aliphatic carbocycles. The molecule has 1 rings (SSSR count). The van der Waals surface area contributed by atoms with Gasteiger partial charge >= 0.3 is 0 Å². The first kappa shape index (κ1) is 9.54. The molecule has 0 unspecified atom stereocenters. The summed E-state index contributed by atoms with van der Waals surface area (Å²) >= 11 is 5.69. The number of nitrogens with one attached hydrogen (secondary N) is 1. The number of halogens is 1. The lowest BCUT2D eigenvalue weighted by atomic mass is 10.2. The van der Waals surface area contributed by atoms with Crippen LogP contribution in [-0.4, -0.2) is 12.2 Å². The van der Waals surface area contributed by atoms with Crippen LogP contribution in [-0.2, 0) is 0 Å². The van der Waals surface area contributed by atoms with E-state index in [-0.39, 0.29) is 5.96 Å². The average molecular weight is 198 g/mol. The molecule has 0 bridgehead atoms. The van der Waals surface area contributed by atoms with Gasteiger partial charge in [-0.3, -0.25) is 0 Å². The molecule has 0 heterocycles. The smallest absolute Gasteiger partial charge is 0.256 e. The predicted octanol–water partition coefficient (Wildman–Crippen LogP) is -0.972. The van der Waals surface area contributed by atoms with E-state index in [1.165, 1.54) is 0 Å². The molecule has 0 fully saturated rings. The van der Waals surface area contributed by atoms with Gasteiger partial charge in [0.2, 0.25) is 6.21 Å². The molecular formula is C8H10ClN4+. The highest BCUT2D eigenvalue weighted by Crippen LogP contribution is 2.06. The fourth-order valence-corrected chi connectivity index (χ4v) is 0.866. The highest BCUT2D eigenvalue weighted by Gasteiger charge is 1.91. The normalized spacial score (nSPS) is 10.2. The zero-order chi connectivity index (χ0) is 9.68. The zero-order valence-corrected chi connectivity index (χ0v) is 7.62. The van der Waals surface area contributed by atoms with Gasteiger partial charge in [-0.05, 0) is 24.3 Å². The number of guanidine groups is 1. The molecule has 5 N–H and O–H groups in total. The van der Waals surface area contributed by atoms with Crippen LogP contribution in [0.4, 0.5) is 0 Å². The third-order valence-corrected chi connectivity index (χ3v) is 1.55. The average Bonchev–Trinajstić information content (AvgIpc) is 2.08. The van der Waals surface area contributed by atoms with Gasteiger partial charge in [0.05, 0.1) is 0 Å². The number of nitrogens with two attached hydrogens (primary N) is 2. The molecular weight excluding hydrogens is 188 g/mol.